The van der Waals surface area contributed by atoms with Crippen LogP contribution in [0, 0.1) is 0 Å². The Hall–Kier alpha value is -3.15. The van der Waals surface area contributed by atoms with E-state index in [0.29, 0.717) is 13.0 Å². The number of amides is 1. The number of aromatic nitrogens is 1. The van der Waals surface area contributed by atoms with Crippen LogP contribution in [0.4, 0.5) is 0 Å². The third kappa shape index (κ3) is 9.84. The number of aliphatic imine (C=N–C) groups is 1. The molecule has 0 saturated heterocycles. The van der Waals surface area contributed by atoms with Gasteiger partial charge in [0, 0.05) is 52.1 Å². The third-order valence-electron chi connectivity index (χ3n) is 4.90. The highest BCUT2D eigenvalue weighted by Gasteiger charge is 2.14. The lowest BCUT2D eigenvalue weighted by Gasteiger charge is -2.09. The molecule has 188 valence electrons. The number of fused-ring (bicyclic) bond motifs is 1. The normalized spacial score (nSPS) is 12.0. The van der Waals surface area contributed by atoms with Gasteiger partial charge in [-0.25, -0.2) is 0 Å². The van der Waals surface area contributed by atoms with Gasteiger partial charge in [0.05, 0.1) is 5.71 Å². The van der Waals surface area contributed by atoms with E-state index in [1.165, 1.54) is 10.5 Å². The van der Waals surface area contributed by atoms with Crippen LogP contribution in [0.5, 0.6) is 0 Å². The van der Waals surface area contributed by atoms with Gasteiger partial charge >= 0.3 is 0 Å². The number of carbonyl (C=O) groups is 1. The summed E-state index contributed by atoms with van der Waals surface area (Å²) in [5.74, 6) is 0.0667. The van der Waals surface area contributed by atoms with Crippen LogP contribution >= 0.6 is 23.4 Å². The molecule has 2 heterocycles. The predicted molar refractivity (Wildman–Crippen MR) is 155 cm³/mol. The average molecular weight is 520 g/mol. The largest absolute Gasteiger partial charge is 0.356 e. The smallest absolute Gasteiger partial charge is 0.223 e. The highest BCUT2D eigenvalue weighted by Crippen LogP contribution is 2.31. The Morgan fingerprint density at radius 3 is 2.50 bits per heavy atom. The molecule has 4 rings (SSSR count). The van der Waals surface area contributed by atoms with Crippen LogP contribution in [0.3, 0.4) is 0 Å². The van der Waals surface area contributed by atoms with Gasteiger partial charge in [0.2, 0.25) is 5.91 Å². The van der Waals surface area contributed by atoms with Crippen molar-refractivity contribution in [3.05, 3.63) is 118 Å². The van der Waals surface area contributed by atoms with E-state index in [-0.39, 0.29) is 5.91 Å². The van der Waals surface area contributed by atoms with Gasteiger partial charge in [0.25, 0.3) is 0 Å². The second-order valence-corrected chi connectivity index (χ2v) is 8.92. The van der Waals surface area contributed by atoms with Crippen molar-refractivity contribution in [3.8, 4) is 0 Å². The van der Waals surface area contributed by atoms with Gasteiger partial charge < -0.3 is 5.32 Å². The highest BCUT2D eigenvalue weighted by atomic mass is 35.5. The summed E-state index contributed by atoms with van der Waals surface area (Å²) in [4.78, 5) is 21.2. The van der Waals surface area contributed by atoms with Crippen molar-refractivity contribution in [2.75, 3.05) is 6.54 Å². The summed E-state index contributed by atoms with van der Waals surface area (Å²) in [6, 6.07) is 20.1. The summed E-state index contributed by atoms with van der Waals surface area (Å²) in [5, 5.41) is 5.68. The topological polar surface area (TPSA) is 54.4 Å². The maximum Gasteiger partial charge on any atom is 0.223 e. The standard InChI is InChI=1S/C16H12ClNS.C12H16N2O.C2H6/c1-11-10-19-15-5-3-2-4-14(15)16(18-11)12-6-8-13(17)9-7-12;1-2-3-6-12(15)14-9-7-11-5-4-8-13-10-11;1-2/h2-10H,1H3;2-5,8,10H,6-7,9H2,1H3,(H,14,15);1-2H3/b;3-2-;. The van der Waals surface area contributed by atoms with E-state index in [1.807, 2.05) is 88.5 Å². The maximum atomic E-state index is 11.2. The summed E-state index contributed by atoms with van der Waals surface area (Å²) >= 11 is 7.67. The van der Waals surface area contributed by atoms with Crippen molar-refractivity contribution in [2.45, 2.75) is 45.4 Å². The summed E-state index contributed by atoms with van der Waals surface area (Å²) in [7, 11) is 0. The lowest BCUT2D eigenvalue weighted by Crippen LogP contribution is -2.24. The van der Waals surface area contributed by atoms with Gasteiger partial charge in [-0.1, -0.05) is 85.8 Å². The minimum atomic E-state index is 0.0667. The van der Waals surface area contributed by atoms with Crippen LogP contribution in [0.1, 0.15) is 50.8 Å². The molecule has 0 bridgehead atoms. The van der Waals surface area contributed by atoms with Crippen LogP contribution in [-0.4, -0.2) is 23.1 Å². The van der Waals surface area contributed by atoms with Gasteiger partial charge in [-0.05, 0) is 55.5 Å². The highest BCUT2D eigenvalue weighted by molar-refractivity contribution is 8.02. The lowest BCUT2D eigenvalue weighted by molar-refractivity contribution is -0.120. The van der Waals surface area contributed by atoms with Crippen molar-refractivity contribution in [1.29, 1.82) is 0 Å². The number of hydrogen-bond acceptors (Lipinski definition) is 4. The Balaban J connectivity index is 0.000000244. The first-order valence-electron chi connectivity index (χ1n) is 12.1. The van der Waals surface area contributed by atoms with Crippen molar-refractivity contribution >= 4 is 35.0 Å². The zero-order chi connectivity index (χ0) is 26.2. The molecule has 1 N–H and O–H groups in total. The van der Waals surface area contributed by atoms with Gasteiger partial charge in [-0.2, -0.15) is 0 Å². The first-order chi connectivity index (χ1) is 17.6. The minimum Gasteiger partial charge on any atom is -0.356 e. The number of halogens is 1. The zero-order valence-corrected chi connectivity index (χ0v) is 22.9. The molecular weight excluding hydrogens is 486 g/mol. The number of hydrogen-bond donors (Lipinski definition) is 1. The van der Waals surface area contributed by atoms with Gasteiger partial charge in [-0.15, -0.1) is 0 Å². The maximum absolute atomic E-state index is 11.2. The molecular formula is C30H34ClN3OS. The average Bonchev–Trinajstić information content (AvgIpc) is 3.09. The number of thioether (sulfide) groups is 1. The Labute approximate surface area is 224 Å². The molecule has 0 spiro atoms. The van der Waals surface area contributed by atoms with Gasteiger partial charge in [-0.3, -0.25) is 14.8 Å². The second kappa shape index (κ2) is 16.5. The second-order valence-electron chi connectivity index (χ2n) is 7.57. The predicted octanol–water partition coefficient (Wildman–Crippen LogP) is 7.88. The van der Waals surface area contributed by atoms with E-state index in [2.05, 4.69) is 33.9 Å². The SMILES string of the molecule is C/C=C\CC(=O)NCCc1cccnc1.CC.CC1=CSc2ccccc2C(c2ccc(Cl)cc2)=N1. The summed E-state index contributed by atoms with van der Waals surface area (Å²) in [5.41, 5.74) is 5.43. The van der Waals surface area contributed by atoms with Crippen LogP contribution in [0.25, 0.3) is 0 Å². The molecule has 0 fully saturated rings. The van der Waals surface area contributed by atoms with E-state index < -0.39 is 0 Å². The molecule has 0 atom stereocenters. The number of allylic oxidation sites excluding steroid dienone is 2. The number of rotatable bonds is 6. The number of benzene rings is 2. The zero-order valence-electron chi connectivity index (χ0n) is 21.4. The van der Waals surface area contributed by atoms with Gasteiger partial charge in [0.15, 0.2) is 0 Å². The number of nitrogens with zero attached hydrogens (tertiary/aromatic N) is 2. The number of carbonyl (C=O) groups excluding carboxylic acids is 1. The first-order valence-corrected chi connectivity index (χ1v) is 13.4. The third-order valence-corrected chi connectivity index (χ3v) is 6.22. The molecule has 1 amide bonds. The molecule has 3 aromatic rings. The Bertz CT molecular complexity index is 1170. The van der Waals surface area contributed by atoms with Crippen LogP contribution < -0.4 is 5.32 Å². The van der Waals surface area contributed by atoms with Crippen LogP contribution in [0.2, 0.25) is 5.02 Å². The Morgan fingerprint density at radius 1 is 1.06 bits per heavy atom. The van der Waals surface area contributed by atoms with Crippen LogP contribution in [-0.2, 0) is 11.2 Å². The molecule has 6 heteroatoms. The molecule has 4 nitrogen and oxygen atoms in total. The summed E-state index contributed by atoms with van der Waals surface area (Å²) < 4.78 is 0. The molecule has 0 radical (unpaired) electrons. The number of nitrogens with one attached hydrogen (secondary N) is 1. The Kier molecular flexibility index (Phi) is 13.3. The Morgan fingerprint density at radius 2 is 1.81 bits per heavy atom. The lowest BCUT2D eigenvalue weighted by atomic mass is 10.0. The molecule has 1 aliphatic heterocycles. The molecule has 1 aromatic heterocycles. The van der Waals surface area contributed by atoms with E-state index in [4.69, 9.17) is 16.6 Å². The molecule has 2 aromatic carbocycles. The number of pyridine rings is 1. The molecule has 0 saturated carbocycles. The fourth-order valence-corrected chi connectivity index (χ4v) is 4.12. The van der Waals surface area contributed by atoms with Crippen molar-refractivity contribution < 1.29 is 4.79 Å². The molecule has 0 aliphatic carbocycles. The van der Waals surface area contributed by atoms with E-state index >= 15 is 0 Å². The van der Waals surface area contributed by atoms with E-state index in [1.54, 1.807) is 18.0 Å². The van der Waals surface area contributed by atoms with Crippen molar-refractivity contribution in [1.82, 2.24) is 10.3 Å². The monoisotopic (exact) mass is 519 g/mol. The van der Waals surface area contributed by atoms with Gasteiger partial charge in [0.1, 0.15) is 0 Å². The summed E-state index contributed by atoms with van der Waals surface area (Å²) in [6.45, 7) is 8.60. The first kappa shape index (κ1) is 29.1. The van der Waals surface area contributed by atoms with Crippen LogP contribution in [0.15, 0.2) is 106 Å². The fraction of sp³-hybridized carbons (Fsp3) is 0.233. The van der Waals surface area contributed by atoms with E-state index in [9.17, 15) is 4.79 Å². The van der Waals surface area contributed by atoms with E-state index in [0.717, 1.165) is 34.0 Å². The van der Waals surface area contributed by atoms with Crippen molar-refractivity contribution in [2.24, 2.45) is 4.99 Å². The summed E-state index contributed by atoms with van der Waals surface area (Å²) in [6.07, 6.45) is 8.57. The van der Waals surface area contributed by atoms with Crippen molar-refractivity contribution in [3.63, 3.8) is 0 Å². The minimum absolute atomic E-state index is 0.0667. The fourth-order valence-electron chi connectivity index (χ4n) is 3.19. The molecule has 0 unspecified atom stereocenters. The molecule has 36 heavy (non-hydrogen) atoms. The quantitative estimate of drug-likeness (QED) is 0.337. The molecule has 1 aliphatic rings.